The van der Waals surface area contributed by atoms with E-state index in [4.69, 9.17) is 5.73 Å². The largest absolute Gasteiger partial charge is 0.384 e. The number of anilines is 1. The number of hydrogen-bond donors (Lipinski definition) is 3. The summed E-state index contributed by atoms with van der Waals surface area (Å²) in [5, 5.41) is 5.42. The molecule has 2 atom stereocenters. The summed E-state index contributed by atoms with van der Waals surface area (Å²) in [4.78, 5) is 64.5. The number of nitrogens with zero attached hydrogens (tertiary/aromatic N) is 2. The van der Waals surface area contributed by atoms with E-state index in [1.807, 2.05) is 4.90 Å². The normalized spacial score (nSPS) is 22.6. The van der Waals surface area contributed by atoms with E-state index in [2.05, 4.69) is 10.6 Å². The average molecular weight is 456 g/mol. The quantitative estimate of drug-likeness (QED) is 0.385. The van der Waals surface area contributed by atoms with Gasteiger partial charge in [0, 0.05) is 44.2 Å². The zero-order valence-electron chi connectivity index (χ0n) is 18.5. The van der Waals surface area contributed by atoms with Crippen LogP contribution in [-0.4, -0.2) is 71.1 Å². The molecule has 2 fully saturated rings. The number of hydrogen-bond acceptors (Lipinski definition) is 7. The third-order valence-electron chi connectivity index (χ3n) is 6.43. The molecular formula is C23H29N5O5. The second-order valence-corrected chi connectivity index (χ2v) is 8.80. The zero-order valence-corrected chi connectivity index (χ0v) is 18.5. The number of nitrogens with two attached hydrogens (primary N) is 1. The highest BCUT2D eigenvalue weighted by atomic mass is 16.2. The lowest BCUT2D eigenvalue weighted by molar-refractivity contribution is -0.136. The Labute approximate surface area is 191 Å². The lowest BCUT2D eigenvalue weighted by atomic mass is 10.0. The van der Waals surface area contributed by atoms with Crippen molar-refractivity contribution in [1.82, 2.24) is 15.1 Å². The lowest BCUT2D eigenvalue weighted by Crippen LogP contribution is -2.54. The van der Waals surface area contributed by atoms with Gasteiger partial charge in [-0.15, -0.1) is 0 Å². The summed E-state index contributed by atoms with van der Waals surface area (Å²) in [7, 11) is 0. The van der Waals surface area contributed by atoms with Crippen LogP contribution in [0.4, 0.5) is 5.69 Å². The van der Waals surface area contributed by atoms with Crippen molar-refractivity contribution < 1.29 is 24.0 Å². The minimum absolute atomic E-state index is 0.0853. The SMILES string of the molecule is NC1CCN(C(=O)CCCCCNc2cccc3c2C(=O)N(C2CCC(=O)NC2=O)C3=O)C1. The summed E-state index contributed by atoms with van der Waals surface area (Å²) in [5.74, 6) is -1.92. The maximum Gasteiger partial charge on any atom is 0.264 e. The summed E-state index contributed by atoms with van der Waals surface area (Å²) in [5.41, 5.74) is 6.90. The number of likely N-dealkylation sites (tertiary alicyclic amines) is 1. The topological polar surface area (TPSA) is 142 Å². The number of amides is 5. The van der Waals surface area contributed by atoms with Crippen molar-refractivity contribution in [2.24, 2.45) is 5.73 Å². The van der Waals surface area contributed by atoms with Crippen molar-refractivity contribution in [3.63, 3.8) is 0 Å². The molecule has 3 heterocycles. The van der Waals surface area contributed by atoms with Gasteiger partial charge in [-0.25, -0.2) is 0 Å². The van der Waals surface area contributed by atoms with Crippen molar-refractivity contribution in [3.8, 4) is 0 Å². The van der Waals surface area contributed by atoms with Gasteiger partial charge in [0.05, 0.1) is 11.1 Å². The number of fused-ring (bicyclic) bond motifs is 1. The van der Waals surface area contributed by atoms with Gasteiger partial charge in [-0.2, -0.15) is 0 Å². The minimum Gasteiger partial charge on any atom is -0.384 e. The second-order valence-electron chi connectivity index (χ2n) is 8.80. The summed E-state index contributed by atoms with van der Waals surface area (Å²) < 4.78 is 0. The van der Waals surface area contributed by atoms with Crippen molar-refractivity contribution in [2.75, 3.05) is 25.0 Å². The van der Waals surface area contributed by atoms with Gasteiger partial charge in [-0.05, 0) is 37.8 Å². The van der Waals surface area contributed by atoms with Crippen molar-refractivity contribution in [1.29, 1.82) is 0 Å². The number of rotatable bonds is 8. The molecule has 0 saturated carbocycles. The van der Waals surface area contributed by atoms with Crippen molar-refractivity contribution in [3.05, 3.63) is 29.3 Å². The number of unbranched alkanes of at least 4 members (excludes halogenated alkanes) is 2. The number of imide groups is 2. The summed E-state index contributed by atoms with van der Waals surface area (Å²) in [6.07, 6.45) is 4.00. The van der Waals surface area contributed by atoms with Crippen LogP contribution in [0.1, 0.15) is 65.7 Å². The molecule has 0 spiro atoms. The molecule has 4 rings (SSSR count). The smallest absolute Gasteiger partial charge is 0.264 e. The van der Waals surface area contributed by atoms with Crippen LogP contribution in [0.5, 0.6) is 0 Å². The summed E-state index contributed by atoms with van der Waals surface area (Å²) in [6, 6.07) is 4.11. The van der Waals surface area contributed by atoms with Crippen LogP contribution in [0.15, 0.2) is 18.2 Å². The van der Waals surface area contributed by atoms with E-state index in [9.17, 15) is 24.0 Å². The van der Waals surface area contributed by atoms with E-state index in [-0.39, 0.29) is 35.9 Å². The Morgan fingerprint density at radius 3 is 2.64 bits per heavy atom. The molecule has 3 aliphatic rings. The predicted octanol–water partition coefficient (Wildman–Crippen LogP) is 0.620. The maximum absolute atomic E-state index is 13.1. The molecule has 1 aromatic carbocycles. The number of nitrogens with one attached hydrogen (secondary N) is 2. The number of carbonyl (C=O) groups is 5. The molecule has 2 saturated heterocycles. The van der Waals surface area contributed by atoms with Gasteiger partial charge in [-0.3, -0.25) is 34.2 Å². The van der Waals surface area contributed by atoms with Gasteiger partial charge in [-0.1, -0.05) is 12.5 Å². The Morgan fingerprint density at radius 2 is 1.91 bits per heavy atom. The van der Waals surface area contributed by atoms with Gasteiger partial charge in [0.15, 0.2) is 0 Å². The fourth-order valence-electron chi connectivity index (χ4n) is 4.64. The van der Waals surface area contributed by atoms with Gasteiger partial charge in [0.1, 0.15) is 6.04 Å². The van der Waals surface area contributed by atoms with Crippen molar-refractivity contribution in [2.45, 2.75) is 57.0 Å². The van der Waals surface area contributed by atoms with E-state index in [1.165, 1.54) is 0 Å². The van der Waals surface area contributed by atoms with E-state index in [0.29, 0.717) is 25.2 Å². The number of piperidine rings is 1. The third-order valence-corrected chi connectivity index (χ3v) is 6.43. The Morgan fingerprint density at radius 1 is 1.09 bits per heavy atom. The fraction of sp³-hybridized carbons (Fsp3) is 0.522. The number of carbonyl (C=O) groups excluding carboxylic acids is 5. The average Bonchev–Trinajstić information content (AvgIpc) is 3.33. The molecule has 5 amide bonds. The van der Waals surface area contributed by atoms with Crippen LogP contribution in [0.3, 0.4) is 0 Å². The Balaban J connectivity index is 1.29. The third kappa shape index (κ3) is 4.75. The van der Waals surface area contributed by atoms with E-state index >= 15 is 0 Å². The van der Waals surface area contributed by atoms with Gasteiger partial charge >= 0.3 is 0 Å². The van der Waals surface area contributed by atoms with E-state index in [0.717, 1.165) is 37.1 Å². The molecule has 10 nitrogen and oxygen atoms in total. The molecular weight excluding hydrogens is 426 g/mol. The van der Waals surface area contributed by atoms with Gasteiger partial charge < -0.3 is 16.0 Å². The van der Waals surface area contributed by atoms with Crippen LogP contribution in [0, 0.1) is 0 Å². The maximum atomic E-state index is 13.1. The van der Waals surface area contributed by atoms with Crippen LogP contribution in [0.25, 0.3) is 0 Å². The Hall–Kier alpha value is -3.27. The highest BCUT2D eigenvalue weighted by Crippen LogP contribution is 2.32. The highest BCUT2D eigenvalue weighted by Gasteiger charge is 2.45. The highest BCUT2D eigenvalue weighted by molar-refractivity contribution is 6.25. The molecule has 3 aliphatic heterocycles. The molecule has 176 valence electrons. The summed E-state index contributed by atoms with van der Waals surface area (Å²) in [6.45, 7) is 1.96. The Bertz CT molecular complexity index is 993. The fourth-order valence-corrected chi connectivity index (χ4v) is 4.64. The molecule has 1 aromatic rings. The van der Waals surface area contributed by atoms with Gasteiger partial charge in [0.2, 0.25) is 17.7 Å². The first-order valence-corrected chi connectivity index (χ1v) is 11.5. The minimum atomic E-state index is -0.981. The number of benzene rings is 1. The predicted molar refractivity (Wildman–Crippen MR) is 119 cm³/mol. The standard InChI is InChI=1S/C23H29N5O5/c24-14-10-12-27(13-14)19(30)7-2-1-3-11-25-16-6-4-5-15-20(16)23(33)28(22(15)32)17-8-9-18(29)26-21(17)31/h4-6,14,17,25H,1-3,7-13,24H2,(H,26,29,31). The Kier molecular flexibility index (Phi) is 6.73. The molecule has 2 unspecified atom stereocenters. The molecule has 4 N–H and O–H groups in total. The van der Waals surface area contributed by atoms with Crippen LogP contribution >= 0.6 is 0 Å². The molecule has 33 heavy (non-hydrogen) atoms. The monoisotopic (exact) mass is 455 g/mol. The van der Waals surface area contributed by atoms with Gasteiger partial charge in [0.25, 0.3) is 11.8 Å². The van der Waals surface area contributed by atoms with Crippen LogP contribution in [-0.2, 0) is 14.4 Å². The first-order chi connectivity index (χ1) is 15.9. The zero-order chi connectivity index (χ0) is 23.5. The van der Waals surface area contributed by atoms with E-state index in [1.54, 1.807) is 18.2 Å². The molecule has 0 aliphatic carbocycles. The van der Waals surface area contributed by atoms with Crippen LogP contribution < -0.4 is 16.4 Å². The molecule has 0 aromatic heterocycles. The molecule has 0 bridgehead atoms. The first kappa shape index (κ1) is 22.9. The summed E-state index contributed by atoms with van der Waals surface area (Å²) >= 11 is 0. The van der Waals surface area contributed by atoms with E-state index < -0.39 is 29.7 Å². The molecule has 0 radical (unpaired) electrons. The first-order valence-electron chi connectivity index (χ1n) is 11.5. The van der Waals surface area contributed by atoms with Crippen molar-refractivity contribution >= 4 is 35.2 Å². The molecule has 10 heteroatoms. The lowest BCUT2D eigenvalue weighted by Gasteiger charge is -2.27. The second kappa shape index (κ2) is 9.70. The van der Waals surface area contributed by atoms with Crippen LogP contribution in [0.2, 0.25) is 0 Å².